The summed E-state index contributed by atoms with van der Waals surface area (Å²) in [5, 5.41) is 10.9. The predicted molar refractivity (Wildman–Crippen MR) is 103 cm³/mol. The fourth-order valence-corrected chi connectivity index (χ4v) is 3.09. The van der Waals surface area contributed by atoms with Gasteiger partial charge < -0.3 is 23.8 Å². The van der Waals surface area contributed by atoms with E-state index in [1.807, 2.05) is 31.2 Å². The highest BCUT2D eigenvalue weighted by atomic mass is 16.5. The number of nitrogens with zero attached hydrogens (tertiary/aromatic N) is 3. The number of aryl methyl sites for hydroxylation is 2. The second kappa shape index (κ2) is 8.26. The number of nitrogens with one attached hydrogen (secondary N) is 1. The van der Waals surface area contributed by atoms with Crippen LogP contribution >= 0.6 is 0 Å². The zero-order valence-corrected chi connectivity index (χ0v) is 15.7. The van der Waals surface area contributed by atoms with Gasteiger partial charge in [-0.15, -0.1) is 10.2 Å². The molecule has 8 heteroatoms. The van der Waals surface area contributed by atoms with Crippen LogP contribution in [0.5, 0.6) is 0 Å². The molecule has 1 amide bonds. The first-order chi connectivity index (χ1) is 13.7. The number of anilines is 2. The minimum absolute atomic E-state index is 0.0987. The van der Waals surface area contributed by atoms with Crippen LogP contribution in [-0.4, -0.2) is 42.4 Å². The Morgan fingerprint density at radius 1 is 1.14 bits per heavy atom. The smallest absolute Gasteiger partial charge is 0.251 e. The number of ether oxygens (including phenoxy) is 1. The van der Waals surface area contributed by atoms with Crippen molar-refractivity contribution in [3.8, 4) is 11.5 Å². The average molecular weight is 382 g/mol. The van der Waals surface area contributed by atoms with E-state index < -0.39 is 0 Å². The normalized spacial score (nSPS) is 14.2. The number of hydrogen-bond acceptors (Lipinski definition) is 7. The summed E-state index contributed by atoms with van der Waals surface area (Å²) in [6.45, 7) is 5.09. The van der Waals surface area contributed by atoms with Gasteiger partial charge >= 0.3 is 0 Å². The minimum Gasteiger partial charge on any atom is -0.469 e. The molecule has 1 saturated heterocycles. The molecular formula is C20H22N4O4. The SMILES string of the molecule is Cc1occc1-c1nnc(CCC(=O)Nc2ccc(N3CCOCC3)cc2)o1. The number of furan rings is 1. The van der Waals surface area contributed by atoms with Crippen molar-refractivity contribution in [3.63, 3.8) is 0 Å². The Kier molecular flexibility index (Phi) is 5.38. The van der Waals surface area contributed by atoms with Crippen LogP contribution in [0.4, 0.5) is 11.4 Å². The Hall–Kier alpha value is -3.13. The number of amides is 1. The molecule has 0 aliphatic carbocycles. The summed E-state index contributed by atoms with van der Waals surface area (Å²) in [7, 11) is 0. The van der Waals surface area contributed by atoms with Gasteiger partial charge in [-0.3, -0.25) is 4.79 Å². The zero-order valence-electron chi connectivity index (χ0n) is 15.7. The van der Waals surface area contributed by atoms with Crippen LogP contribution in [0.2, 0.25) is 0 Å². The Morgan fingerprint density at radius 2 is 1.93 bits per heavy atom. The maximum Gasteiger partial charge on any atom is 0.251 e. The van der Waals surface area contributed by atoms with Gasteiger partial charge in [-0.1, -0.05) is 0 Å². The number of rotatable bonds is 6. The molecule has 1 aromatic carbocycles. The lowest BCUT2D eigenvalue weighted by atomic mass is 10.2. The molecule has 8 nitrogen and oxygen atoms in total. The highest BCUT2D eigenvalue weighted by Crippen LogP contribution is 2.23. The van der Waals surface area contributed by atoms with Crippen LogP contribution < -0.4 is 10.2 Å². The lowest BCUT2D eigenvalue weighted by molar-refractivity contribution is -0.116. The van der Waals surface area contributed by atoms with E-state index in [9.17, 15) is 4.79 Å². The third kappa shape index (κ3) is 4.23. The van der Waals surface area contributed by atoms with Crippen LogP contribution in [0.3, 0.4) is 0 Å². The fraction of sp³-hybridized carbons (Fsp3) is 0.350. The molecule has 3 heterocycles. The molecule has 0 radical (unpaired) electrons. The van der Waals surface area contributed by atoms with Gasteiger partial charge in [0.05, 0.1) is 25.0 Å². The van der Waals surface area contributed by atoms with E-state index in [-0.39, 0.29) is 12.3 Å². The van der Waals surface area contributed by atoms with Crippen molar-refractivity contribution in [1.82, 2.24) is 10.2 Å². The predicted octanol–water partition coefficient (Wildman–Crippen LogP) is 3.05. The number of morpholine rings is 1. The summed E-state index contributed by atoms with van der Waals surface area (Å²) < 4.78 is 16.2. The fourth-order valence-electron chi connectivity index (χ4n) is 3.09. The molecule has 2 aromatic heterocycles. The quantitative estimate of drug-likeness (QED) is 0.700. The van der Waals surface area contributed by atoms with Gasteiger partial charge in [-0.2, -0.15) is 0 Å². The molecule has 0 bridgehead atoms. The molecular weight excluding hydrogens is 360 g/mol. The number of aromatic nitrogens is 2. The molecule has 0 saturated carbocycles. The Balaban J connectivity index is 1.29. The molecule has 1 fully saturated rings. The third-order valence-electron chi connectivity index (χ3n) is 4.65. The van der Waals surface area contributed by atoms with E-state index >= 15 is 0 Å². The first-order valence-corrected chi connectivity index (χ1v) is 9.28. The monoisotopic (exact) mass is 382 g/mol. The van der Waals surface area contributed by atoms with Crippen LogP contribution in [0.1, 0.15) is 18.1 Å². The van der Waals surface area contributed by atoms with Gasteiger partial charge in [0.15, 0.2) is 0 Å². The Bertz CT molecular complexity index is 926. The maximum atomic E-state index is 12.2. The first kappa shape index (κ1) is 18.2. The Morgan fingerprint density at radius 3 is 2.64 bits per heavy atom. The van der Waals surface area contributed by atoms with E-state index in [1.54, 1.807) is 12.3 Å². The average Bonchev–Trinajstić information content (AvgIpc) is 3.36. The van der Waals surface area contributed by atoms with Gasteiger partial charge in [0, 0.05) is 37.3 Å². The summed E-state index contributed by atoms with van der Waals surface area (Å²) in [5.41, 5.74) is 2.67. The van der Waals surface area contributed by atoms with Gasteiger partial charge in [0.1, 0.15) is 5.76 Å². The topological polar surface area (TPSA) is 93.6 Å². The second-order valence-corrected chi connectivity index (χ2v) is 6.59. The van der Waals surface area contributed by atoms with Crippen molar-refractivity contribution in [1.29, 1.82) is 0 Å². The number of carbonyl (C=O) groups is 1. The molecule has 1 aliphatic heterocycles. The van der Waals surface area contributed by atoms with Gasteiger partial charge in [-0.25, -0.2) is 0 Å². The molecule has 1 N–H and O–H groups in total. The van der Waals surface area contributed by atoms with Gasteiger partial charge in [0.25, 0.3) is 5.89 Å². The molecule has 0 unspecified atom stereocenters. The van der Waals surface area contributed by atoms with Crippen LogP contribution in [-0.2, 0) is 16.0 Å². The summed E-state index contributed by atoms with van der Waals surface area (Å²) in [5.74, 6) is 1.45. The summed E-state index contributed by atoms with van der Waals surface area (Å²) >= 11 is 0. The van der Waals surface area contributed by atoms with E-state index in [4.69, 9.17) is 13.6 Å². The van der Waals surface area contributed by atoms with Crippen molar-refractivity contribution < 1.29 is 18.4 Å². The molecule has 0 spiro atoms. The van der Waals surface area contributed by atoms with Crippen LogP contribution in [0.15, 0.2) is 45.4 Å². The highest BCUT2D eigenvalue weighted by Gasteiger charge is 2.14. The van der Waals surface area contributed by atoms with Gasteiger partial charge in [-0.05, 0) is 37.3 Å². The van der Waals surface area contributed by atoms with Crippen molar-refractivity contribution in [2.75, 3.05) is 36.5 Å². The third-order valence-corrected chi connectivity index (χ3v) is 4.65. The lowest BCUT2D eigenvalue weighted by Gasteiger charge is -2.28. The zero-order chi connectivity index (χ0) is 19.3. The van der Waals surface area contributed by atoms with Crippen molar-refractivity contribution in [2.24, 2.45) is 0 Å². The minimum atomic E-state index is -0.0987. The van der Waals surface area contributed by atoms with Crippen molar-refractivity contribution in [2.45, 2.75) is 19.8 Å². The molecule has 0 atom stereocenters. The lowest BCUT2D eigenvalue weighted by Crippen LogP contribution is -2.36. The van der Waals surface area contributed by atoms with Crippen molar-refractivity contribution >= 4 is 17.3 Å². The van der Waals surface area contributed by atoms with Crippen LogP contribution in [0.25, 0.3) is 11.5 Å². The van der Waals surface area contributed by atoms with Crippen LogP contribution in [0, 0.1) is 6.92 Å². The number of benzene rings is 1. The van der Waals surface area contributed by atoms with E-state index in [0.29, 0.717) is 24.0 Å². The largest absolute Gasteiger partial charge is 0.469 e. The Labute approximate surface area is 162 Å². The van der Waals surface area contributed by atoms with E-state index in [1.165, 1.54) is 0 Å². The molecule has 28 heavy (non-hydrogen) atoms. The standard InChI is InChI=1S/C20H22N4O4/c1-14-17(8-11-27-14)20-23-22-19(28-20)7-6-18(25)21-15-2-4-16(5-3-15)24-9-12-26-13-10-24/h2-5,8,11H,6-7,9-10,12-13H2,1H3,(H,21,25). The second-order valence-electron chi connectivity index (χ2n) is 6.59. The molecule has 3 aromatic rings. The van der Waals surface area contributed by atoms with Gasteiger partial charge in [0.2, 0.25) is 11.8 Å². The molecule has 4 rings (SSSR count). The maximum absolute atomic E-state index is 12.2. The number of carbonyl (C=O) groups excluding carboxylic acids is 1. The summed E-state index contributed by atoms with van der Waals surface area (Å²) in [4.78, 5) is 14.5. The van der Waals surface area contributed by atoms with Crippen molar-refractivity contribution in [3.05, 3.63) is 48.2 Å². The highest BCUT2D eigenvalue weighted by molar-refractivity contribution is 5.90. The number of hydrogen-bond donors (Lipinski definition) is 1. The molecule has 1 aliphatic rings. The van der Waals surface area contributed by atoms with E-state index in [2.05, 4.69) is 20.4 Å². The summed E-state index contributed by atoms with van der Waals surface area (Å²) in [6, 6.07) is 9.63. The summed E-state index contributed by atoms with van der Waals surface area (Å²) in [6.07, 6.45) is 2.21. The first-order valence-electron chi connectivity index (χ1n) is 9.28. The molecule has 146 valence electrons. The van der Waals surface area contributed by atoms with E-state index in [0.717, 1.165) is 43.2 Å².